The van der Waals surface area contributed by atoms with Crippen molar-refractivity contribution in [3.63, 3.8) is 0 Å². The van der Waals surface area contributed by atoms with Crippen molar-refractivity contribution in [2.75, 3.05) is 19.1 Å². The molecule has 0 bridgehead atoms. The molecule has 0 aliphatic heterocycles. The molecule has 1 amide bonds. The van der Waals surface area contributed by atoms with E-state index in [9.17, 15) is 4.79 Å². The summed E-state index contributed by atoms with van der Waals surface area (Å²) < 4.78 is 5.18. The summed E-state index contributed by atoms with van der Waals surface area (Å²) >= 11 is 0. The van der Waals surface area contributed by atoms with E-state index < -0.39 is 0 Å². The third kappa shape index (κ3) is 3.73. The highest BCUT2D eigenvalue weighted by Gasteiger charge is 2.16. The van der Waals surface area contributed by atoms with Crippen molar-refractivity contribution in [2.45, 2.75) is 0 Å². The van der Waals surface area contributed by atoms with Gasteiger partial charge in [-0.15, -0.1) is 0 Å². The third-order valence-corrected chi connectivity index (χ3v) is 4.78. The Hall–Kier alpha value is -3.93. The lowest BCUT2D eigenvalue weighted by molar-refractivity contribution is 0.0993. The minimum absolute atomic E-state index is 0.0991. The molecule has 4 rings (SSSR count). The van der Waals surface area contributed by atoms with E-state index in [1.54, 1.807) is 31.5 Å². The molecule has 0 radical (unpaired) electrons. The van der Waals surface area contributed by atoms with E-state index in [1.165, 1.54) is 0 Å². The maximum absolute atomic E-state index is 13.0. The quantitative estimate of drug-likeness (QED) is 0.553. The van der Waals surface area contributed by atoms with Gasteiger partial charge in [0.1, 0.15) is 5.75 Å². The van der Waals surface area contributed by atoms with Gasteiger partial charge in [-0.25, -0.2) is 0 Å². The number of nitrogens with zero attached hydrogens (tertiary/aromatic N) is 3. The summed E-state index contributed by atoms with van der Waals surface area (Å²) in [5, 5.41) is 7.33. The number of amides is 1. The van der Waals surface area contributed by atoms with Crippen molar-refractivity contribution in [1.82, 2.24) is 15.2 Å². The average molecular weight is 384 g/mol. The Morgan fingerprint density at radius 1 is 1.00 bits per heavy atom. The standard InChI is InChI=1S/C23H20N4O2/c1-27(19-6-8-20(29-2)9-7-19)23(28)18-5-3-4-17(14-18)22-21(15-25-26-22)16-10-12-24-13-11-16/h3-15H,1-2H3,(H,25,26). The number of carbonyl (C=O) groups is 1. The lowest BCUT2D eigenvalue weighted by atomic mass is 10.0. The number of aromatic nitrogens is 3. The van der Waals surface area contributed by atoms with E-state index in [2.05, 4.69) is 15.2 Å². The number of anilines is 1. The van der Waals surface area contributed by atoms with Gasteiger partial charge in [-0.3, -0.25) is 14.9 Å². The fourth-order valence-electron chi connectivity index (χ4n) is 3.18. The van der Waals surface area contributed by atoms with Crippen LogP contribution >= 0.6 is 0 Å². The molecule has 0 atom stereocenters. The highest BCUT2D eigenvalue weighted by atomic mass is 16.5. The maximum Gasteiger partial charge on any atom is 0.258 e. The van der Waals surface area contributed by atoms with Crippen LogP contribution in [0.5, 0.6) is 5.75 Å². The topological polar surface area (TPSA) is 71.1 Å². The van der Waals surface area contributed by atoms with Gasteiger partial charge >= 0.3 is 0 Å². The molecule has 2 heterocycles. The number of carbonyl (C=O) groups excluding carboxylic acids is 1. The van der Waals surface area contributed by atoms with Gasteiger partial charge in [0.2, 0.25) is 0 Å². The molecule has 0 aliphatic rings. The first kappa shape index (κ1) is 18.4. The number of benzene rings is 2. The molecule has 0 fully saturated rings. The lowest BCUT2D eigenvalue weighted by Crippen LogP contribution is -2.26. The van der Waals surface area contributed by atoms with Crippen LogP contribution in [0.3, 0.4) is 0 Å². The Labute approximate surface area is 168 Å². The summed E-state index contributed by atoms with van der Waals surface area (Å²) in [5.74, 6) is 0.650. The number of methoxy groups -OCH3 is 1. The average Bonchev–Trinajstić information content (AvgIpc) is 3.29. The zero-order valence-electron chi connectivity index (χ0n) is 16.2. The van der Waals surface area contributed by atoms with Crippen molar-refractivity contribution in [1.29, 1.82) is 0 Å². The number of H-pyrrole nitrogens is 1. The van der Waals surface area contributed by atoms with Crippen LogP contribution in [0.15, 0.2) is 79.3 Å². The normalized spacial score (nSPS) is 10.6. The van der Waals surface area contributed by atoms with Crippen LogP contribution in [-0.2, 0) is 0 Å². The highest BCUT2D eigenvalue weighted by molar-refractivity contribution is 6.06. The maximum atomic E-state index is 13.0. The number of ether oxygens (including phenoxy) is 1. The predicted molar refractivity (Wildman–Crippen MR) is 113 cm³/mol. The zero-order valence-corrected chi connectivity index (χ0v) is 16.2. The molecule has 144 valence electrons. The summed E-state index contributed by atoms with van der Waals surface area (Å²) in [5.41, 5.74) is 5.00. The van der Waals surface area contributed by atoms with E-state index in [-0.39, 0.29) is 5.91 Å². The Kier molecular flexibility index (Phi) is 5.07. The molecule has 29 heavy (non-hydrogen) atoms. The van der Waals surface area contributed by atoms with Crippen molar-refractivity contribution in [2.24, 2.45) is 0 Å². The summed E-state index contributed by atoms with van der Waals surface area (Å²) in [6.07, 6.45) is 5.34. The van der Waals surface area contributed by atoms with Crippen molar-refractivity contribution in [3.05, 3.63) is 84.8 Å². The van der Waals surface area contributed by atoms with E-state index >= 15 is 0 Å². The predicted octanol–water partition coefficient (Wildman–Crippen LogP) is 4.42. The highest BCUT2D eigenvalue weighted by Crippen LogP contribution is 2.30. The molecule has 2 aromatic heterocycles. The molecular weight excluding hydrogens is 364 g/mol. The molecular formula is C23H20N4O2. The van der Waals surface area contributed by atoms with Crippen LogP contribution in [0.2, 0.25) is 0 Å². The second-order valence-electron chi connectivity index (χ2n) is 6.53. The molecule has 0 spiro atoms. The monoisotopic (exact) mass is 384 g/mol. The summed E-state index contributed by atoms with van der Waals surface area (Å²) in [7, 11) is 3.37. The molecule has 2 aromatic carbocycles. The number of hydrogen-bond acceptors (Lipinski definition) is 4. The molecule has 4 aromatic rings. The van der Waals surface area contributed by atoms with Gasteiger partial charge < -0.3 is 9.64 Å². The van der Waals surface area contributed by atoms with Crippen LogP contribution in [0.25, 0.3) is 22.4 Å². The van der Waals surface area contributed by atoms with Gasteiger partial charge in [0.15, 0.2) is 0 Å². The van der Waals surface area contributed by atoms with Crippen LogP contribution in [0.4, 0.5) is 5.69 Å². The van der Waals surface area contributed by atoms with Gasteiger partial charge in [-0.1, -0.05) is 12.1 Å². The Morgan fingerprint density at radius 2 is 1.76 bits per heavy atom. The van der Waals surface area contributed by atoms with Crippen molar-refractivity contribution < 1.29 is 9.53 Å². The molecule has 0 saturated carbocycles. The van der Waals surface area contributed by atoms with Gasteiger partial charge in [0, 0.05) is 48.0 Å². The first-order valence-corrected chi connectivity index (χ1v) is 9.14. The van der Waals surface area contributed by atoms with E-state index in [0.29, 0.717) is 5.56 Å². The molecule has 1 N–H and O–H groups in total. The fourth-order valence-corrected chi connectivity index (χ4v) is 3.18. The Bertz CT molecular complexity index is 1120. The molecule has 0 aliphatic carbocycles. The number of hydrogen-bond donors (Lipinski definition) is 1. The largest absolute Gasteiger partial charge is 0.497 e. The molecule has 0 saturated heterocycles. The fraction of sp³-hybridized carbons (Fsp3) is 0.0870. The summed E-state index contributed by atoms with van der Waals surface area (Å²) in [6.45, 7) is 0. The van der Waals surface area contributed by atoms with Crippen LogP contribution in [-0.4, -0.2) is 35.2 Å². The molecule has 6 heteroatoms. The molecule has 6 nitrogen and oxygen atoms in total. The summed E-state index contributed by atoms with van der Waals surface area (Å²) in [4.78, 5) is 18.7. The number of nitrogens with one attached hydrogen (secondary N) is 1. The SMILES string of the molecule is COc1ccc(N(C)C(=O)c2cccc(-c3n[nH]cc3-c3ccncc3)c2)cc1. The lowest BCUT2D eigenvalue weighted by Gasteiger charge is -2.18. The molecule has 0 unspecified atom stereocenters. The summed E-state index contributed by atoms with van der Waals surface area (Å²) in [6, 6.07) is 18.7. The minimum atomic E-state index is -0.0991. The minimum Gasteiger partial charge on any atom is -0.497 e. The van der Waals surface area contributed by atoms with Gasteiger partial charge in [0.25, 0.3) is 5.91 Å². The van der Waals surface area contributed by atoms with Gasteiger partial charge in [0.05, 0.1) is 12.8 Å². The van der Waals surface area contributed by atoms with Crippen LogP contribution < -0.4 is 9.64 Å². The van der Waals surface area contributed by atoms with Crippen molar-refractivity contribution >= 4 is 11.6 Å². The van der Waals surface area contributed by atoms with Crippen LogP contribution in [0.1, 0.15) is 10.4 Å². The second kappa shape index (κ2) is 7.98. The second-order valence-corrected chi connectivity index (χ2v) is 6.53. The van der Waals surface area contributed by atoms with Crippen molar-refractivity contribution in [3.8, 4) is 28.1 Å². The Morgan fingerprint density at radius 3 is 2.48 bits per heavy atom. The first-order chi connectivity index (χ1) is 14.2. The smallest absolute Gasteiger partial charge is 0.258 e. The zero-order chi connectivity index (χ0) is 20.2. The van der Waals surface area contributed by atoms with Gasteiger partial charge in [-0.2, -0.15) is 5.10 Å². The number of aromatic amines is 1. The number of pyridine rings is 1. The van der Waals surface area contributed by atoms with Gasteiger partial charge in [-0.05, 0) is 54.1 Å². The van der Waals surface area contributed by atoms with E-state index in [0.717, 1.165) is 33.8 Å². The Balaban J connectivity index is 1.64. The van der Waals surface area contributed by atoms with E-state index in [4.69, 9.17) is 4.74 Å². The first-order valence-electron chi connectivity index (χ1n) is 9.14. The van der Waals surface area contributed by atoms with E-state index in [1.807, 2.05) is 66.9 Å². The third-order valence-electron chi connectivity index (χ3n) is 4.78. The number of rotatable bonds is 5. The van der Waals surface area contributed by atoms with Crippen LogP contribution in [0, 0.1) is 0 Å².